The summed E-state index contributed by atoms with van der Waals surface area (Å²) in [5, 5.41) is 11.3. The Morgan fingerprint density at radius 2 is 1.74 bits per heavy atom. The van der Waals surface area contributed by atoms with E-state index in [1.807, 2.05) is 36.4 Å². The predicted molar refractivity (Wildman–Crippen MR) is 80.9 cm³/mol. The number of hydrogen-bond acceptors (Lipinski definition) is 1. The van der Waals surface area contributed by atoms with Gasteiger partial charge < -0.3 is 5.11 Å². The largest absolute Gasteiger partial charge is 0.388 e. The van der Waals surface area contributed by atoms with Crippen LogP contribution in [0.2, 0.25) is 10.0 Å². The summed E-state index contributed by atoms with van der Waals surface area (Å²) in [5.41, 5.74) is 3.02. The molecular weight excluding hydrogens is 279 g/mol. The van der Waals surface area contributed by atoms with Gasteiger partial charge in [-0.15, -0.1) is 0 Å². The van der Waals surface area contributed by atoms with Crippen molar-refractivity contribution in [2.24, 2.45) is 0 Å². The maximum atomic E-state index is 10.3. The zero-order valence-electron chi connectivity index (χ0n) is 10.7. The molecule has 2 aromatic carbocycles. The summed E-state index contributed by atoms with van der Waals surface area (Å²) in [7, 11) is 0. The molecule has 0 spiro atoms. The van der Waals surface area contributed by atoms with Gasteiger partial charge in [0.1, 0.15) is 0 Å². The lowest BCUT2D eigenvalue weighted by Crippen LogP contribution is -2.02. The highest BCUT2D eigenvalue weighted by Gasteiger charge is 2.12. The maximum absolute atomic E-state index is 10.3. The first kappa shape index (κ1) is 14.4. The van der Waals surface area contributed by atoms with E-state index in [2.05, 4.69) is 6.92 Å². The average molecular weight is 295 g/mol. The van der Waals surface area contributed by atoms with E-state index in [-0.39, 0.29) is 0 Å². The smallest absolute Gasteiger partial charge is 0.0830 e. The summed E-state index contributed by atoms with van der Waals surface area (Å²) in [5.74, 6) is 0. The van der Waals surface area contributed by atoms with Crippen LogP contribution in [0.4, 0.5) is 0 Å². The molecule has 0 bridgehead atoms. The molecule has 0 fully saturated rings. The van der Waals surface area contributed by atoms with Gasteiger partial charge in [-0.1, -0.05) is 66.5 Å². The summed E-state index contributed by atoms with van der Waals surface area (Å²) >= 11 is 12.1. The van der Waals surface area contributed by atoms with Gasteiger partial charge in [-0.25, -0.2) is 0 Å². The zero-order valence-corrected chi connectivity index (χ0v) is 12.2. The van der Waals surface area contributed by atoms with Crippen molar-refractivity contribution in [2.75, 3.05) is 0 Å². The molecule has 0 aliphatic heterocycles. The molecule has 0 radical (unpaired) electrons. The van der Waals surface area contributed by atoms with Gasteiger partial charge in [-0.05, 0) is 29.2 Å². The second-order valence-corrected chi connectivity index (χ2v) is 5.31. The summed E-state index contributed by atoms with van der Waals surface area (Å²) in [4.78, 5) is 0. The average Bonchev–Trinajstić information content (AvgIpc) is 2.44. The van der Waals surface area contributed by atoms with Gasteiger partial charge in [0.15, 0.2) is 0 Å². The third-order valence-corrected chi connectivity index (χ3v) is 4.08. The fraction of sp³-hybridized carbons (Fsp3) is 0.250. The molecule has 0 aliphatic carbocycles. The van der Waals surface area contributed by atoms with Crippen molar-refractivity contribution < 1.29 is 5.11 Å². The number of hydrogen-bond donors (Lipinski definition) is 1. The third-order valence-electron chi connectivity index (χ3n) is 3.22. The van der Waals surface area contributed by atoms with E-state index in [9.17, 15) is 5.11 Å². The van der Waals surface area contributed by atoms with Crippen LogP contribution in [0.3, 0.4) is 0 Å². The number of aryl methyl sites for hydroxylation is 1. The van der Waals surface area contributed by atoms with Crippen LogP contribution >= 0.6 is 23.2 Å². The highest BCUT2D eigenvalue weighted by molar-refractivity contribution is 6.42. The Kier molecular flexibility index (Phi) is 4.87. The van der Waals surface area contributed by atoms with Crippen molar-refractivity contribution in [2.45, 2.75) is 25.9 Å². The van der Waals surface area contributed by atoms with E-state index in [0.29, 0.717) is 16.5 Å². The van der Waals surface area contributed by atoms with Crippen molar-refractivity contribution in [1.29, 1.82) is 0 Å². The molecule has 1 N–H and O–H groups in total. The first-order chi connectivity index (χ1) is 9.11. The van der Waals surface area contributed by atoms with Crippen molar-refractivity contribution in [1.82, 2.24) is 0 Å². The molecule has 0 aromatic heterocycles. The summed E-state index contributed by atoms with van der Waals surface area (Å²) < 4.78 is 0. The fourth-order valence-electron chi connectivity index (χ4n) is 2.01. The molecule has 0 amide bonds. The van der Waals surface area contributed by atoms with Gasteiger partial charge in [0.2, 0.25) is 0 Å². The van der Waals surface area contributed by atoms with Crippen molar-refractivity contribution in [3.63, 3.8) is 0 Å². The minimum Gasteiger partial charge on any atom is -0.388 e. The molecular formula is C16H16Cl2O. The van der Waals surface area contributed by atoms with Crippen LogP contribution in [-0.2, 0) is 12.8 Å². The van der Waals surface area contributed by atoms with Crippen LogP contribution in [0.25, 0.3) is 0 Å². The molecule has 1 nitrogen and oxygen atoms in total. The first-order valence-electron chi connectivity index (χ1n) is 6.31. The monoisotopic (exact) mass is 294 g/mol. The normalized spacial score (nSPS) is 12.4. The van der Waals surface area contributed by atoms with E-state index in [4.69, 9.17) is 23.2 Å². The topological polar surface area (TPSA) is 20.2 Å². The molecule has 100 valence electrons. The molecule has 2 aromatic rings. The van der Waals surface area contributed by atoms with Crippen LogP contribution in [0, 0.1) is 0 Å². The van der Waals surface area contributed by atoms with Gasteiger partial charge in [0, 0.05) is 6.42 Å². The highest BCUT2D eigenvalue weighted by atomic mass is 35.5. The first-order valence-corrected chi connectivity index (χ1v) is 7.07. The van der Waals surface area contributed by atoms with E-state index < -0.39 is 6.10 Å². The second kappa shape index (κ2) is 6.42. The number of halogens is 2. The SMILES string of the molecule is CCc1ccc(C(O)Cc2cccc(Cl)c2Cl)cc1. The van der Waals surface area contributed by atoms with Crippen LogP contribution in [0.5, 0.6) is 0 Å². The van der Waals surface area contributed by atoms with Crippen molar-refractivity contribution >= 4 is 23.2 Å². The minimum absolute atomic E-state index is 0.463. The van der Waals surface area contributed by atoms with Crippen molar-refractivity contribution in [3.05, 3.63) is 69.2 Å². The Morgan fingerprint density at radius 1 is 1.05 bits per heavy atom. The second-order valence-electron chi connectivity index (χ2n) is 4.53. The minimum atomic E-state index is -0.568. The number of aliphatic hydroxyl groups excluding tert-OH is 1. The summed E-state index contributed by atoms with van der Waals surface area (Å²) in [6.07, 6.45) is 0.892. The van der Waals surface area contributed by atoms with Gasteiger partial charge >= 0.3 is 0 Å². The van der Waals surface area contributed by atoms with Crippen LogP contribution in [0.15, 0.2) is 42.5 Å². The number of benzene rings is 2. The van der Waals surface area contributed by atoms with E-state index >= 15 is 0 Å². The lowest BCUT2D eigenvalue weighted by Gasteiger charge is -2.13. The van der Waals surface area contributed by atoms with E-state index in [0.717, 1.165) is 17.5 Å². The predicted octanol–water partition coefficient (Wildman–Crippen LogP) is 4.83. The lowest BCUT2D eigenvalue weighted by atomic mass is 10.00. The van der Waals surface area contributed by atoms with Gasteiger partial charge in [-0.3, -0.25) is 0 Å². The quantitative estimate of drug-likeness (QED) is 0.856. The highest BCUT2D eigenvalue weighted by Crippen LogP contribution is 2.29. The standard InChI is InChI=1S/C16H16Cl2O/c1-2-11-6-8-12(9-7-11)15(19)10-13-4-3-5-14(17)16(13)18/h3-9,15,19H,2,10H2,1H3. The molecule has 0 heterocycles. The molecule has 0 aliphatic rings. The van der Waals surface area contributed by atoms with Crippen LogP contribution in [-0.4, -0.2) is 5.11 Å². The molecule has 2 rings (SSSR count). The Balaban J connectivity index is 2.15. The summed E-state index contributed by atoms with van der Waals surface area (Å²) in [6.45, 7) is 2.11. The van der Waals surface area contributed by atoms with E-state index in [1.165, 1.54) is 5.56 Å². The zero-order chi connectivity index (χ0) is 13.8. The molecule has 1 unspecified atom stereocenters. The molecule has 3 heteroatoms. The van der Waals surface area contributed by atoms with Gasteiger partial charge in [0.05, 0.1) is 16.1 Å². The Labute approximate surface area is 123 Å². The molecule has 0 saturated heterocycles. The molecule has 0 saturated carbocycles. The van der Waals surface area contributed by atoms with E-state index in [1.54, 1.807) is 6.07 Å². The number of aliphatic hydroxyl groups is 1. The molecule has 1 atom stereocenters. The Morgan fingerprint density at radius 3 is 2.37 bits per heavy atom. The third kappa shape index (κ3) is 3.50. The lowest BCUT2D eigenvalue weighted by molar-refractivity contribution is 0.178. The maximum Gasteiger partial charge on any atom is 0.0830 e. The van der Waals surface area contributed by atoms with Crippen LogP contribution in [0.1, 0.15) is 29.7 Å². The molecule has 19 heavy (non-hydrogen) atoms. The number of rotatable bonds is 4. The van der Waals surface area contributed by atoms with Gasteiger partial charge in [0.25, 0.3) is 0 Å². The summed E-state index contributed by atoms with van der Waals surface area (Å²) in [6, 6.07) is 13.5. The fourth-order valence-corrected chi connectivity index (χ4v) is 2.41. The Hall–Kier alpha value is -1.02. The van der Waals surface area contributed by atoms with Crippen LogP contribution < -0.4 is 0 Å². The Bertz CT molecular complexity index is 549. The van der Waals surface area contributed by atoms with Gasteiger partial charge in [-0.2, -0.15) is 0 Å². The van der Waals surface area contributed by atoms with Crippen molar-refractivity contribution in [3.8, 4) is 0 Å².